The van der Waals surface area contributed by atoms with E-state index >= 15 is 0 Å². The predicted molar refractivity (Wildman–Crippen MR) is 139 cm³/mol. The van der Waals surface area contributed by atoms with Crippen molar-refractivity contribution in [2.75, 3.05) is 13.1 Å². The van der Waals surface area contributed by atoms with Crippen LogP contribution < -0.4 is 5.32 Å². The van der Waals surface area contributed by atoms with E-state index in [1.807, 2.05) is 36.6 Å². The number of benzene rings is 1. The van der Waals surface area contributed by atoms with Crippen molar-refractivity contribution >= 4 is 6.03 Å². The highest BCUT2D eigenvalue weighted by molar-refractivity contribution is 5.76. The van der Waals surface area contributed by atoms with Gasteiger partial charge in [0.05, 0.1) is 42.7 Å². The third-order valence-electron chi connectivity index (χ3n) is 6.78. The largest absolute Gasteiger partial charge is 0.369 e. The Bertz CT molecular complexity index is 1220. The van der Waals surface area contributed by atoms with Gasteiger partial charge in [-0.1, -0.05) is 18.6 Å². The maximum absolute atomic E-state index is 12.9. The molecule has 1 aromatic carbocycles. The molecule has 1 N–H and O–H groups in total. The fourth-order valence-corrected chi connectivity index (χ4v) is 5.10. The summed E-state index contributed by atoms with van der Waals surface area (Å²) in [7, 11) is 1.91. The summed E-state index contributed by atoms with van der Waals surface area (Å²) >= 11 is 0. The molecular weight excluding hydrogens is 452 g/mol. The van der Waals surface area contributed by atoms with Crippen molar-refractivity contribution in [1.29, 1.82) is 0 Å². The molecule has 36 heavy (non-hydrogen) atoms. The van der Waals surface area contributed by atoms with Crippen LogP contribution in [0.3, 0.4) is 0 Å². The number of urea groups is 1. The number of carbonyl (C=O) groups is 1. The number of nitrogens with zero attached hydrogens (tertiary/aromatic N) is 5. The van der Waals surface area contributed by atoms with Gasteiger partial charge in [0.15, 0.2) is 0 Å². The van der Waals surface area contributed by atoms with Crippen molar-refractivity contribution in [2.24, 2.45) is 7.05 Å². The van der Waals surface area contributed by atoms with Crippen molar-refractivity contribution in [3.63, 3.8) is 0 Å². The summed E-state index contributed by atoms with van der Waals surface area (Å²) < 4.78 is 7.77. The predicted octanol–water partition coefficient (Wildman–Crippen LogP) is 4.44. The molecule has 0 spiro atoms. The first-order valence-corrected chi connectivity index (χ1v) is 12.9. The number of amides is 2. The topological polar surface area (TPSA) is 85.2 Å². The van der Waals surface area contributed by atoms with Crippen LogP contribution in [0.25, 0.3) is 11.3 Å². The van der Waals surface area contributed by atoms with Gasteiger partial charge in [-0.3, -0.25) is 4.68 Å². The van der Waals surface area contributed by atoms with E-state index < -0.39 is 0 Å². The highest BCUT2D eigenvalue weighted by atomic mass is 16.5. The smallest absolute Gasteiger partial charge is 0.318 e. The monoisotopic (exact) mass is 488 g/mol. The quantitative estimate of drug-likeness (QED) is 0.537. The molecule has 3 aromatic rings. The minimum atomic E-state index is -0.186. The van der Waals surface area contributed by atoms with E-state index in [0.29, 0.717) is 19.5 Å². The van der Waals surface area contributed by atoms with Gasteiger partial charge < -0.3 is 15.0 Å². The lowest BCUT2D eigenvalue weighted by molar-refractivity contribution is -0.111. The number of fused-ring (bicyclic) bond motifs is 1. The molecule has 0 bridgehead atoms. The fourth-order valence-electron chi connectivity index (χ4n) is 5.10. The normalized spacial score (nSPS) is 18.3. The molecule has 3 heterocycles. The number of rotatable bonds is 5. The van der Waals surface area contributed by atoms with Gasteiger partial charge in [0.2, 0.25) is 0 Å². The Hall–Kier alpha value is -3.26. The van der Waals surface area contributed by atoms with E-state index in [0.717, 1.165) is 48.3 Å². The second kappa shape index (κ2) is 10.0. The Morgan fingerprint density at radius 2 is 2.03 bits per heavy atom. The minimum Gasteiger partial charge on any atom is -0.369 e. The van der Waals surface area contributed by atoms with Crippen molar-refractivity contribution in [3.05, 3.63) is 65.4 Å². The van der Waals surface area contributed by atoms with Crippen LogP contribution in [0.4, 0.5) is 4.79 Å². The third-order valence-corrected chi connectivity index (χ3v) is 6.78. The van der Waals surface area contributed by atoms with Crippen LogP contribution in [-0.2, 0) is 24.6 Å². The summed E-state index contributed by atoms with van der Waals surface area (Å²) in [6.45, 7) is 7.45. The maximum Gasteiger partial charge on any atom is 0.318 e. The molecule has 2 aromatic heterocycles. The minimum absolute atomic E-state index is 0.00142. The molecule has 0 saturated carbocycles. The molecule has 1 atom stereocenters. The van der Waals surface area contributed by atoms with Gasteiger partial charge in [-0.25, -0.2) is 14.8 Å². The molecule has 0 unspecified atom stereocenters. The summed E-state index contributed by atoms with van der Waals surface area (Å²) in [6, 6.07) is 8.53. The Kier molecular flexibility index (Phi) is 6.79. The molecule has 2 amide bonds. The lowest BCUT2D eigenvalue weighted by Gasteiger charge is -2.42. The Labute approximate surface area is 213 Å². The van der Waals surface area contributed by atoms with Crippen molar-refractivity contribution < 1.29 is 9.53 Å². The first kappa shape index (κ1) is 24.4. The van der Waals surface area contributed by atoms with Gasteiger partial charge in [0.25, 0.3) is 0 Å². The zero-order chi connectivity index (χ0) is 25.3. The average molecular weight is 489 g/mol. The number of carbonyl (C=O) groups excluding carboxylic acids is 1. The number of nitrogens with one attached hydrogen (secondary N) is 1. The number of likely N-dealkylation sites (tertiary alicyclic amines) is 1. The van der Waals surface area contributed by atoms with E-state index in [9.17, 15) is 4.79 Å². The summed E-state index contributed by atoms with van der Waals surface area (Å²) in [4.78, 5) is 24.1. The summed E-state index contributed by atoms with van der Waals surface area (Å²) in [5.41, 5.74) is 5.42. The number of hydrogen-bond donors (Lipinski definition) is 1. The van der Waals surface area contributed by atoms with Crippen LogP contribution in [0.5, 0.6) is 0 Å². The van der Waals surface area contributed by atoms with E-state index in [1.54, 1.807) is 4.68 Å². The Morgan fingerprint density at radius 1 is 1.19 bits per heavy atom. The molecule has 8 nitrogen and oxygen atoms in total. The van der Waals surface area contributed by atoms with Crippen LogP contribution in [0.1, 0.15) is 68.6 Å². The Morgan fingerprint density at radius 3 is 2.78 bits per heavy atom. The van der Waals surface area contributed by atoms with Crippen molar-refractivity contribution in [3.8, 4) is 11.3 Å². The molecule has 5 rings (SSSR count). The first-order chi connectivity index (χ1) is 17.2. The molecule has 1 fully saturated rings. The van der Waals surface area contributed by atoms with E-state index in [2.05, 4.69) is 54.4 Å². The van der Waals surface area contributed by atoms with Gasteiger partial charge in [-0.05, 0) is 68.9 Å². The van der Waals surface area contributed by atoms with E-state index in [-0.39, 0.29) is 23.8 Å². The highest BCUT2D eigenvalue weighted by Gasteiger charge is 2.35. The molecule has 2 aliphatic rings. The summed E-state index contributed by atoms with van der Waals surface area (Å²) in [5, 5.41) is 7.53. The second-order valence-electron chi connectivity index (χ2n) is 11.0. The first-order valence-electron chi connectivity index (χ1n) is 12.9. The highest BCUT2D eigenvalue weighted by Crippen LogP contribution is 2.32. The second-order valence-corrected chi connectivity index (χ2v) is 11.0. The lowest BCUT2D eigenvalue weighted by Crippen LogP contribution is -2.59. The molecule has 190 valence electrons. The van der Waals surface area contributed by atoms with Crippen LogP contribution in [0, 0.1) is 0 Å². The average Bonchev–Trinajstić information content (AvgIpc) is 3.10. The zero-order valence-corrected chi connectivity index (χ0v) is 21.7. The lowest BCUT2D eigenvalue weighted by atomic mass is 9.95. The van der Waals surface area contributed by atoms with Crippen LogP contribution in [-0.4, -0.2) is 55.5 Å². The molecule has 1 aliphatic heterocycles. The van der Waals surface area contributed by atoms with Gasteiger partial charge in [-0.2, -0.15) is 5.10 Å². The zero-order valence-electron chi connectivity index (χ0n) is 21.7. The molecule has 8 heteroatoms. The standard InChI is InChI=1S/C28H36N6O2/c1-28(2,3)36-22-17-34(18-22)27(35)32-25-8-6-5-7-20-14-21(9-10-23(20)25)24-11-12-29-26(31-24)13-19-15-30-33(4)16-19/h9-12,14-16,22,25H,5-8,13,17-18H2,1-4H3,(H,32,35)/t25-/m0/s1. The van der Waals surface area contributed by atoms with Crippen LogP contribution >= 0.6 is 0 Å². The van der Waals surface area contributed by atoms with Gasteiger partial charge in [0.1, 0.15) is 5.82 Å². The fraction of sp³-hybridized carbons (Fsp3) is 0.500. The molecule has 0 radical (unpaired) electrons. The number of aryl methyl sites for hydroxylation is 2. The number of ether oxygens (including phenoxy) is 1. The van der Waals surface area contributed by atoms with Crippen molar-refractivity contribution in [2.45, 2.75) is 70.6 Å². The van der Waals surface area contributed by atoms with Crippen LogP contribution in [0.15, 0.2) is 42.9 Å². The molecule has 1 aliphatic carbocycles. The van der Waals surface area contributed by atoms with E-state index in [4.69, 9.17) is 9.72 Å². The van der Waals surface area contributed by atoms with Crippen LogP contribution in [0.2, 0.25) is 0 Å². The Balaban J connectivity index is 1.28. The molecule has 1 saturated heterocycles. The SMILES string of the molecule is Cn1cc(Cc2nccc(-c3ccc4c(c3)CCCC[C@@H]4NC(=O)N3CC(OC(C)(C)C)C3)n2)cn1. The molecular formula is C28H36N6O2. The van der Waals surface area contributed by atoms with E-state index in [1.165, 1.54) is 11.1 Å². The van der Waals surface area contributed by atoms with Gasteiger partial charge in [-0.15, -0.1) is 0 Å². The third kappa shape index (κ3) is 5.75. The number of hydrogen-bond acceptors (Lipinski definition) is 5. The maximum atomic E-state index is 12.9. The van der Waals surface area contributed by atoms with Gasteiger partial charge in [0, 0.05) is 31.4 Å². The summed E-state index contributed by atoms with van der Waals surface area (Å²) in [6.07, 6.45) is 10.6. The van der Waals surface area contributed by atoms with Gasteiger partial charge >= 0.3 is 6.03 Å². The number of aromatic nitrogens is 4. The van der Waals surface area contributed by atoms with Crippen molar-refractivity contribution in [1.82, 2.24) is 30.0 Å². The summed E-state index contributed by atoms with van der Waals surface area (Å²) in [5.74, 6) is 0.781.